The molecule has 0 spiro atoms. The third-order valence-corrected chi connectivity index (χ3v) is 1.90. The first-order valence-electron chi connectivity index (χ1n) is 4.22. The lowest BCUT2D eigenvalue weighted by molar-refractivity contribution is 0.479. The van der Waals surface area contributed by atoms with E-state index < -0.39 is 0 Å². The van der Waals surface area contributed by atoms with Gasteiger partial charge in [0.25, 0.3) is 0 Å². The molecule has 15 heavy (non-hydrogen) atoms. The molecule has 2 rings (SSSR count). The Kier molecular flexibility index (Phi) is 2.69. The monoisotopic (exact) mass is 222 g/mol. The van der Waals surface area contributed by atoms with Crippen molar-refractivity contribution in [1.82, 2.24) is 9.97 Å². The molecule has 0 bridgehead atoms. The van der Waals surface area contributed by atoms with Crippen molar-refractivity contribution in [3.8, 4) is 11.5 Å². The summed E-state index contributed by atoms with van der Waals surface area (Å²) in [4.78, 5) is 17.1. The molecule has 5 heteroatoms. The van der Waals surface area contributed by atoms with Crippen molar-refractivity contribution in [2.75, 3.05) is 0 Å². The minimum absolute atomic E-state index is 0.171. The Morgan fingerprint density at radius 1 is 1.27 bits per heavy atom. The first-order chi connectivity index (χ1) is 7.24. The summed E-state index contributed by atoms with van der Waals surface area (Å²) >= 11 is 5.69. The number of halogens is 1. The summed E-state index contributed by atoms with van der Waals surface area (Å²) in [5.74, 6) is 1.11. The predicted molar refractivity (Wildman–Crippen MR) is 56.4 cm³/mol. The summed E-state index contributed by atoms with van der Waals surface area (Å²) in [6.07, 6.45) is 3.03. The maximum Gasteiger partial charge on any atom is 0.248 e. The topological polar surface area (TPSA) is 55.0 Å². The van der Waals surface area contributed by atoms with Crippen LogP contribution in [0.3, 0.4) is 0 Å². The highest BCUT2D eigenvalue weighted by atomic mass is 35.5. The molecule has 0 aliphatic carbocycles. The number of aromatic nitrogens is 2. The molecule has 4 nitrogen and oxygen atoms in total. The van der Waals surface area contributed by atoms with E-state index in [4.69, 9.17) is 16.3 Å². The van der Waals surface area contributed by atoms with Gasteiger partial charge in [-0.25, -0.2) is 4.98 Å². The maximum atomic E-state index is 10.8. The van der Waals surface area contributed by atoms with Gasteiger partial charge < -0.3 is 9.72 Å². The lowest BCUT2D eigenvalue weighted by Gasteiger charge is -2.04. The van der Waals surface area contributed by atoms with Gasteiger partial charge in [0.1, 0.15) is 16.7 Å². The standard InChI is InChI=1S/C10H7ClN2O2/c11-9-5-7(3-4-12-9)15-8-1-2-10(14)13-6-8/h1-6H,(H,13,14). The predicted octanol–water partition coefficient (Wildman–Crippen LogP) is 2.22. The molecule has 2 aromatic heterocycles. The molecule has 0 fully saturated rings. The molecule has 76 valence electrons. The van der Waals surface area contributed by atoms with E-state index in [1.54, 1.807) is 24.4 Å². The third kappa shape index (κ3) is 2.57. The molecule has 0 saturated carbocycles. The number of nitrogens with zero attached hydrogens (tertiary/aromatic N) is 1. The van der Waals surface area contributed by atoms with Gasteiger partial charge in [-0.2, -0.15) is 0 Å². The third-order valence-electron chi connectivity index (χ3n) is 1.69. The highest BCUT2D eigenvalue weighted by molar-refractivity contribution is 6.29. The Labute approximate surface area is 90.5 Å². The first-order valence-corrected chi connectivity index (χ1v) is 4.60. The maximum absolute atomic E-state index is 10.8. The van der Waals surface area contributed by atoms with E-state index >= 15 is 0 Å². The molecule has 0 aliphatic heterocycles. The Morgan fingerprint density at radius 3 is 2.80 bits per heavy atom. The van der Waals surface area contributed by atoms with E-state index in [0.717, 1.165) is 0 Å². The van der Waals surface area contributed by atoms with E-state index in [2.05, 4.69) is 9.97 Å². The van der Waals surface area contributed by atoms with E-state index in [-0.39, 0.29) is 5.56 Å². The molecular weight excluding hydrogens is 216 g/mol. The van der Waals surface area contributed by atoms with E-state index in [1.807, 2.05) is 0 Å². The number of pyridine rings is 2. The molecule has 1 N–H and O–H groups in total. The number of rotatable bonds is 2. The van der Waals surface area contributed by atoms with Crippen molar-refractivity contribution < 1.29 is 4.74 Å². The number of ether oxygens (including phenoxy) is 1. The molecule has 0 saturated heterocycles. The van der Waals surface area contributed by atoms with Crippen molar-refractivity contribution in [3.63, 3.8) is 0 Å². The van der Waals surface area contributed by atoms with Crippen LogP contribution in [0.15, 0.2) is 41.5 Å². The van der Waals surface area contributed by atoms with Crippen LogP contribution in [0.25, 0.3) is 0 Å². The van der Waals surface area contributed by atoms with Crippen LogP contribution >= 0.6 is 11.6 Å². The van der Waals surface area contributed by atoms with Crippen LogP contribution in [0.2, 0.25) is 5.15 Å². The summed E-state index contributed by atoms with van der Waals surface area (Å²) in [5, 5.41) is 0.358. The molecule has 0 aliphatic rings. The number of hydrogen-bond acceptors (Lipinski definition) is 3. The molecule has 2 aromatic rings. The van der Waals surface area contributed by atoms with Crippen LogP contribution in [0.1, 0.15) is 0 Å². The summed E-state index contributed by atoms with van der Waals surface area (Å²) in [6.45, 7) is 0. The Morgan fingerprint density at radius 2 is 2.13 bits per heavy atom. The van der Waals surface area contributed by atoms with Crippen molar-refractivity contribution in [3.05, 3.63) is 52.2 Å². The van der Waals surface area contributed by atoms with Crippen LogP contribution in [-0.4, -0.2) is 9.97 Å². The number of nitrogens with one attached hydrogen (secondary N) is 1. The Bertz CT molecular complexity index is 504. The van der Waals surface area contributed by atoms with Gasteiger partial charge in [-0.1, -0.05) is 11.6 Å². The van der Waals surface area contributed by atoms with E-state index in [0.29, 0.717) is 16.7 Å². The van der Waals surface area contributed by atoms with Crippen LogP contribution in [0.4, 0.5) is 0 Å². The first kappa shape index (κ1) is 9.73. The van der Waals surface area contributed by atoms with Gasteiger partial charge in [-0.3, -0.25) is 4.79 Å². The Hall–Kier alpha value is -1.81. The molecule has 0 unspecified atom stereocenters. The van der Waals surface area contributed by atoms with Crippen LogP contribution in [0.5, 0.6) is 11.5 Å². The fourth-order valence-corrected chi connectivity index (χ4v) is 1.21. The molecule has 2 heterocycles. The molecule has 0 aromatic carbocycles. The van der Waals surface area contributed by atoms with Gasteiger partial charge in [0.05, 0.1) is 0 Å². The zero-order valence-electron chi connectivity index (χ0n) is 7.61. The van der Waals surface area contributed by atoms with Crippen molar-refractivity contribution in [2.45, 2.75) is 0 Å². The zero-order valence-corrected chi connectivity index (χ0v) is 8.36. The fourth-order valence-electron chi connectivity index (χ4n) is 1.04. The SMILES string of the molecule is O=c1ccc(Oc2ccnc(Cl)c2)c[nH]1. The minimum Gasteiger partial charge on any atom is -0.456 e. The molecule has 0 amide bonds. The molecular formula is C10H7ClN2O2. The lowest BCUT2D eigenvalue weighted by atomic mass is 10.4. The molecule has 0 radical (unpaired) electrons. The number of hydrogen-bond donors (Lipinski definition) is 1. The number of H-pyrrole nitrogens is 1. The van der Waals surface area contributed by atoms with Crippen LogP contribution in [0, 0.1) is 0 Å². The smallest absolute Gasteiger partial charge is 0.248 e. The average Bonchev–Trinajstić information content (AvgIpc) is 2.22. The summed E-state index contributed by atoms with van der Waals surface area (Å²) in [5.41, 5.74) is -0.171. The summed E-state index contributed by atoms with van der Waals surface area (Å²) < 4.78 is 5.42. The highest BCUT2D eigenvalue weighted by Crippen LogP contribution is 2.20. The van der Waals surface area contributed by atoms with Gasteiger partial charge in [-0.15, -0.1) is 0 Å². The van der Waals surface area contributed by atoms with Crippen LogP contribution in [-0.2, 0) is 0 Å². The lowest BCUT2D eigenvalue weighted by Crippen LogP contribution is -2.01. The van der Waals surface area contributed by atoms with Gasteiger partial charge in [0.2, 0.25) is 5.56 Å². The van der Waals surface area contributed by atoms with Gasteiger partial charge in [0, 0.05) is 24.5 Å². The van der Waals surface area contributed by atoms with Crippen molar-refractivity contribution in [2.24, 2.45) is 0 Å². The normalized spacial score (nSPS) is 9.93. The van der Waals surface area contributed by atoms with Gasteiger partial charge in [-0.05, 0) is 12.1 Å². The quantitative estimate of drug-likeness (QED) is 0.793. The minimum atomic E-state index is -0.171. The number of aromatic amines is 1. The summed E-state index contributed by atoms with van der Waals surface area (Å²) in [6, 6.07) is 6.23. The van der Waals surface area contributed by atoms with Gasteiger partial charge >= 0.3 is 0 Å². The Balaban J connectivity index is 2.22. The highest BCUT2D eigenvalue weighted by Gasteiger charge is 1.98. The van der Waals surface area contributed by atoms with Crippen molar-refractivity contribution in [1.29, 1.82) is 0 Å². The fraction of sp³-hybridized carbons (Fsp3) is 0. The average molecular weight is 223 g/mol. The summed E-state index contributed by atoms with van der Waals surface area (Å²) in [7, 11) is 0. The van der Waals surface area contributed by atoms with Crippen LogP contribution < -0.4 is 10.3 Å². The second-order valence-corrected chi connectivity index (χ2v) is 3.19. The van der Waals surface area contributed by atoms with E-state index in [1.165, 1.54) is 12.3 Å². The largest absolute Gasteiger partial charge is 0.456 e. The second kappa shape index (κ2) is 4.14. The van der Waals surface area contributed by atoms with E-state index in [9.17, 15) is 4.79 Å². The van der Waals surface area contributed by atoms with Gasteiger partial charge in [0.15, 0.2) is 0 Å². The zero-order chi connectivity index (χ0) is 10.7. The van der Waals surface area contributed by atoms with Crippen molar-refractivity contribution >= 4 is 11.6 Å². The molecule has 0 atom stereocenters. The second-order valence-electron chi connectivity index (χ2n) is 2.80.